The molecular weight excluding hydrogens is 436 g/mol. The van der Waals surface area contributed by atoms with Crippen LogP contribution in [0.2, 0.25) is 0 Å². The highest BCUT2D eigenvalue weighted by atomic mass is 16.6. The Morgan fingerprint density at radius 1 is 1.00 bits per heavy atom. The number of benzene rings is 1. The summed E-state index contributed by atoms with van der Waals surface area (Å²) in [4.78, 5) is 28.3. The van der Waals surface area contributed by atoms with Crippen LogP contribution >= 0.6 is 0 Å². The second-order valence-corrected chi connectivity index (χ2v) is 10.6. The van der Waals surface area contributed by atoms with Gasteiger partial charge in [0.2, 0.25) is 0 Å². The number of hydrogen-bond acceptors (Lipinski definition) is 6. The van der Waals surface area contributed by atoms with Gasteiger partial charge in [0.05, 0.1) is 26.2 Å². The molecule has 0 spiro atoms. The molecule has 0 saturated carbocycles. The molecule has 190 valence electrons. The van der Waals surface area contributed by atoms with Crippen molar-refractivity contribution in [1.82, 2.24) is 4.57 Å². The SMILES string of the molecule is CCCCOc1c(N(C)C(=O)OC(C)(C)C)n(CC(C)(C)C)c(=O)c2cc(OC)c(OC)cc12. The Bertz CT molecular complexity index is 1080. The zero-order valence-corrected chi connectivity index (χ0v) is 22.3. The summed E-state index contributed by atoms with van der Waals surface area (Å²) in [6, 6.07) is 3.39. The number of carbonyl (C=O) groups excluding carboxylic acids is 1. The minimum absolute atomic E-state index is 0.251. The Balaban J connectivity index is 2.96. The monoisotopic (exact) mass is 476 g/mol. The molecule has 1 heterocycles. The number of hydrogen-bond donors (Lipinski definition) is 0. The zero-order valence-electron chi connectivity index (χ0n) is 22.3. The third-order valence-electron chi connectivity index (χ3n) is 5.06. The topological polar surface area (TPSA) is 79.2 Å². The zero-order chi connectivity index (χ0) is 25.8. The number of anilines is 1. The summed E-state index contributed by atoms with van der Waals surface area (Å²) in [7, 11) is 4.66. The van der Waals surface area contributed by atoms with Crippen LogP contribution in [0.5, 0.6) is 17.2 Å². The lowest BCUT2D eigenvalue weighted by atomic mass is 9.96. The molecule has 2 rings (SSSR count). The molecule has 0 bridgehead atoms. The van der Waals surface area contributed by atoms with E-state index in [1.54, 1.807) is 44.5 Å². The molecule has 0 atom stereocenters. The molecule has 0 saturated heterocycles. The van der Waals surface area contributed by atoms with Gasteiger partial charge in [0, 0.05) is 19.0 Å². The Morgan fingerprint density at radius 3 is 2.03 bits per heavy atom. The number of aromatic nitrogens is 1. The molecule has 8 heteroatoms. The average Bonchev–Trinajstić information content (AvgIpc) is 2.73. The van der Waals surface area contributed by atoms with Crippen LogP contribution in [0.25, 0.3) is 10.8 Å². The quantitative estimate of drug-likeness (QED) is 0.461. The van der Waals surface area contributed by atoms with E-state index in [2.05, 4.69) is 6.92 Å². The minimum atomic E-state index is -0.697. The Morgan fingerprint density at radius 2 is 1.56 bits per heavy atom. The van der Waals surface area contributed by atoms with E-state index in [0.717, 1.165) is 12.8 Å². The molecule has 8 nitrogen and oxygen atoms in total. The molecule has 0 unspecified atom stereocenters. The molecule has 1 amide bonds. The molecule has 34 heavy (non-hydrogen) atoms. The Kier molecular flexibility index (Phi) is 8.50. The van der Waals surface area contributed by atoms with E-state index in [1.807, 2.05) is 20.8 Å². The van der Waals surface area contributed by atoms with E-state index < -0.39 is 11.7 Å². The van der Waals surface area contributed by atoms with Gasteiger partial charge in [-0.3, -0.25) is 14.3 Å². The summed E-state index contributed by atoms with van der Waals surface area (Å²) in [5, 5.41) is 0.976. The number of nitrogens with zero attached hydrogens (tertiary/aromatic N) is 2. The van der Waals surface area contributed by atoms with E-state index in [0.29, 0.717) is 47.0 Å². The number of ether oxygens (including phenoxy) is 4. The van der Waals surface area contributed by atoms with Gasteiger partial charge in [0.15, 0.2) is 23.1 Å². The lowest BCUT2D eigenvalue weighted by Gasteiger charge is -2.31. The highest BCUT2D eigenvalue weighted by Crippen LogP contribution is 2.41. The standard InChI is InChI=1S/C26H40N2O6/c1-11-12-13-33-21-17-14-19(31-9)20(32-10)15-18(17)23(29)28(16-25(2,3)4)22(21)27(8)24(30)34-26(5,6)7/h14-15H,11-13,16H2,1-10H3. The van der Waals surface area contributed by atoms with Gasteiger partial charge in [-0.1, -0.05) is 34.1 Å². The van der Waals surface area contributed by atoms with Gasteiger partial charge in [-0.2, -0.15) is 0 Å². The predicted molar refractivity (Wildman–Crippen MR) is 136 cm³/mol. The number of amides is 1. The van der Waals surface area contributed by atoms with Crippen LogP contribution < -0.4 is 24.7 Å². The van der Waals surface area contributed by atoms with Crippen LogP contribution in [0, 0.1) is 5.41 Å². The lowest BCUT2D eigenvalue weighted by molar-refractivity contribution is 0.0585. The number of methoxy groups -OCH3 is 2. The molecule has 0 aliphatic heterocycles. The second-order valence-electron chi connectivity index (χ2n) is 10.6. The Labute approximate surface area is 202 Å². The number of carbonyl (C=O) groups is 1. The van der Waals surface area contributed by atoms with E-state index in [4.69, 9.17) is 18.9 Å². The summed E-state index contributed by atoms with van der Waals surface area (Å²) in [6.45, 7) is 14.4. The van der Waals surface area contributed by atoms with E-state index in [-0.39, 0.29) is 11.0 Å². The van der Waals surface area contributed by atoms with Crippen molar-refractivity contribution in [1.29, 1.82) is 0 Å². The van der Waals surface area contributed by atoms with Gasteiger partial charge in [-0.15, -0.1) is 0 Å². The van der Waals surface area contributed by atoms with Gasteiger partial charge >= 0.3 is 6.09 Å². The van der Waals surface area contributed by atoms with Crippen LogP contribution in [0.15, 0.2) is 16.9 Å². The van der Waals surface area contributed by atoms with E-state index in [9.17, 15) is 9.59 Å². The predicted octanol–water partition coefficient (Wildman–Crippen LogP) is 5.62. The minimum Gasteiger partial charge on any atom is -0.493 e. The smallest absolute Gasteiger partial charge is 0.415 e. The molecule has 0 radical (unpaired) electrons. The van der Waals surface area contributed by atoms with Crippen LogP contribution in [-0.2, 0) is 11.3 Å². The van der Waals surface area contributed by atoms with Crippen molar-refractivity contribution in [2.24, 2.45) is 5.41 Å². The molecule has 0 aliphatic rings. The summed E-state index contributed by atoms with van der Waals surface area (Å²) in [5.41, 5.74) is -1.20. The number of rotatable bonds is 8. The summed E-state index contributed by atoms with van der Waals surface area (Å²) < 4.78 is 24.4. The van der Waals surface area contributed by atoms with Crippen LogP contribution in [-0.4, -0.2) is 44.1 Å². The molecular formula is C26H40N2O6. The fraction of sp³-hybridized carbons (Fsp3) is 0.615. The van der Waals surface area contributed by atoms with Gasteiger partial charge < -0.3 is 18.9 Å². The molecule has 2 aromatic rings. The van der Waals surface area contributed by atoms with Gasteiger partial charge in [-0.25, -0.2) is 4.79 Å². The molecule has 1 aromatic carbocycles. The van der Waals surface area contributed by atoms with Crippen molar-refractivity contribution < 1.29 is 23.7 Å². The fourth-order valence-electron chi connectivity index (χ4n) is 3.56. The van der Waals surface area contributed by atoms with Gasteiger partial charge in [0.25, 0.3) is 5.56 Å². The number of unbranched alkanes of at least 4 members (excludes halogenated alkanes) is 1. The molecule has 0 fully saturated rings. The average molecular weight is 477 g/mol. The maximum atomic E-state index is 13.8. The third kappa shape index (κ3) is 6.36. The normalized spacial score (nSPS) is 11.9. The van der Waals surface area contributed by atoms with E-state index in [1.165, 1.54) is 19.1 Å². The van der Waals surface area contributed by atoms with Crippen molar-refractivity contribution in [3.05, 3.63) is 22.5 Å². The van der Waals surface area contributed by atoms with Crippen molar-refractivity contribution in [3.63, 3.8) is 0 Å². The highest BCUT2D eigenvalue weighted by Gasteiger charge is 2.30. The Hall–Kier alpha value is -2.90. The highest BCUT2D eigenvalue weighted by molar-refractivity contribution is 5.98. The summed E-state index contributed by atoms with van der Waals surface area (Å²) in [6.07, 6.45) is 1.19. The molecule has 1 aromatic heterocycles. The second kappa shape index (κ2) is 10.6. The third-order valence-corrected chi connectivity index (χ3v) is 5.06. The lowest BCUT2D eigenvalue weighted by Crippen LogP contribution is -2.39. The first kappa shape index (κ1) is 27.3. The number of pyridine rings is 1. The number of fused-ring (bicyclic) bond motifs is 1. The largest absolute Gasteiger partial charge is 0.493 e. The van der Waals surface area contributed by atoms with Crippen LogP contribution in [0.1, 0.15) is 61.3 Å². The van der Waals surface area contributed by atoms with Crippen LogP contribution in [0.3, 0.4) is 0 Å². The van der Waals surface area contributed by atoms with Crippen molar-refractivity contribution >= 4 is 22.7 Å². The van der Waals surface area contributed by atoms with Gasteiger partial charge in [0.1, 0.15) is 5.60 Å². The van der Waals surface area contributed by atoms with Crippen molar-refractivity contribution in [2.75, 3.05) is 32.8 Å². The van der Waals surface area contributed by atoms with Gasteiger partial charge in [-0.05, 0) is 44.7 Å². The first-order valence-electron chi connectivity index (χ1n) is 11.7. The van der Waals surface area contributed by atoms with Crippen molar-refractivity contribution in [2.45, 2.75) is 73.5 Å². The maximum Gasteiger partial charge on any atom is 0.415 e. The van der Waals surface area contributed by atoms with E-state index >= 15 is 0 Å². The summed E-state index contributed by atoms with van der Waals surface area (Å²) in [5.74, 6) is 1.70. The molecule has 0 N–H and O–H groups in total. The van der Waals surface area contributed by atoms with Crippen LogP contribution in [0.4, 0.5) is 10.6 Å². The first-order valence-corrected chi connectivity index (χ1v) is 11.7. The van der Waals surface area contributed by atoms with Crippen molar-refractivity contribution in [3.8, 4) is 17.2 Å². The maximum absolute atomic E-state index is 13.8. The first-order chi connectivity index (χ1) is 15.7. The fourth-order valence-corrected chi connectivity index (χ4v) is 3.56. The molecule has 0 aliphatic carbocycles. The summed E-state index contributed by atoms with van der Waals surface area (Å²) >= 11 is 0.